The predicted octanol–water partition coefficient (Wildman–Crippen LogP) is 1.42. The molecule has 7 heteroatoms. The van der Waals surface area contributed by atoms with Crippen LogP contribution >= 0.6 is 0 Å². The molecule has 0 saturated carbocycles. The van der Waals surface area contributed by atoms with E-state index in [-0.39, 0.29) is 6.03 Å². The van der Waals surface area contributed by atoms with Crippen LogP contribution in [0.1, 0.15) is 0 Å². The number of piperazine rings is 1. The Labute approximate surface area is 141 Å². The zero-order chi connectivity index (χ0) is 16.8. The fourth-order valence-electron chi connectivity index (χ4n) is 2.80. The Morgan fingerprint density at radius 3 is 2.83 bits per heavy atom. The Balaban J connectivity index is 1.44. The average molecular weight is 329 g/mol. The molecule has 7 nitrogen and oxygen atoms in total. The minimum absolute atomic E-state index is 0.000377. The minimum atomic E-state index is 0.000377. The number of carbonyl (C=O) groups is 1. The number of rotatable bonds is 5. The first-order chi connectivity index (χ1) is 11.8. The van der Waals surface area contributed by atoms with Gasteiger partial charge in [0, 0.05) is 63.4 Å². The molecule has 0 unspecified atom stereocenters. The largest absolute Gasteiger partial charge is 0.497 e. The van der Waals surface area contributed by atoms with Crippen LogP contribution in [-0.4, -0.2) is 60.3 Å². The molecular weight excluding hydrogens is 306 g/mol. The maximum absolute atomic E-state index is 12.2. The number of urea groups is 1. The Morgan fingerprint density at radius 1 is 1.29 bits per heavy atom. The number of imidazole rings is 1. The van der Waals surface area contributed by atoms with Gasteiger partial charge in [0.05, 0.1) is 13.4 Å². The lowest BCUT2D eigenvalue weighted by Crippen LogP contribution is -2.52. The quantitative estimate of drug-likeness (QED) is 0.901. The molecule has 1 saturated heterocycles. The van der Waals surface area contributed by atoms with Crippen molar-refractivity contribution in [3.05, 3.63) is 43.0 Å². The molecule has 2 aromatic rings. The van der Waals surface area contributed by atoms with Crippen molar-refractivity contribution < 1.29 is 9.53 Å². The maximum atomic E-state index is 12.2. The van der Waals surface area contributed by atoms with Crippen LogP contribution in [0.15, 0.2) is 43.0 Å². The minimum Gasteiger partial charge on any atom is -0.497 e. The molecule has 1 aromatic carbocycles. The molecule has 2 amide bonds. The Morgan fingerprint density at radius 2 is 2.12 bits per heavy atom. The first-order valence-corrected chi connectivity index (χ1v) is 8.14. The van der Waals surface area contributed by atoms with Gasteiger partial charge in [0.2, 0.25) is 0 Å². The molecule has 1 aromatic heterocycles. The molecule has 1 aliphatic rings. The van der Waals surface area contributed by atoms with Crippen LogP contribution in [0.4, 0.5) is 10.5 Å². The van der Waals surface area contributed by atoms with Crippen molar-refractivity contribution in [3.63, 3.8) is 0 Å². The van der Waals surface area contributed by atoms with Gasteiger partial charge in [-0.3, -0.25) is 0 Å². The molecule has 3 rings (SSSR count). The SMILES string of the molecule is COc1cccc(N2CCN(C(=O)NCCn3ccnc3)CC2)c1. The third-order valence-corrected chi connectivity index (χ3v) is 4.19. The standard InChI is InChI=1S/C17H23N5O2/c1-24-16-4-2-3-15(13-16)21-9-11-22(12-10-21)17(23)19-6-8-20-7-5-18-14-20/h2-5,7,13-14H,6,8-12H2,1H3,(H,19,23). The number of ether oxygens (including phenoxy) is 1. The van der Waals surface area contributed by atoms with Gasteiger partial charge in [-0.15, -0.1) is 0 Å². The van der Waals surface area contributed by atoms with Gasteiger partial charge >= 0.3 is 6.03 Å². The summed E-state index contributed by atoms with van der Waals surface area (Å²) < 4.78 is 7.22. The van der Waals surface area contributed by atoms with Gasteiger partial charge < -0.3 is 24.4 Å². The van der Waals surface area contributed by atoms with Gasteiger partial charge in [0.15, 0.2) is 0 Å². The van der Waals surface area contributed by atoms with Crippen LogP contribution in [0, 0.1) is 0 Å². The van der Waals surface area contributed by atoms with Crippen molar-refractivity contribution in [2.45, 2.75) is 6.54 Å². The van der Waals surface area contributed by atoms with Crippen molar-refractivity contribution in [2.75, 3.05) is 44.7 Å². The molecule has 24 heavy (non-hydrogen) atoms. The molecule has 0 bridgehead atoms. The van der Waals surface area contributed by atoms with Crippen molar-refractivity contribution in [1.82, 2.24) is 19.8 Å². The van der Waals surface area contributed by atoms with E-state index in [0.29, 0.717) is 19.6 Å². The lowest BCUT2D eigenvalue weighted by Gasteiger charge is -2.36. The number of benzene rings is 1. The van der Waals surface area contributed by atoms with Gasteiger partial charge in [0.1, 0.15) is 5.75 Å². The number of hydrogen-bond acceptors (Lipinski definition) is 4. The van der Waals surface area contributed by atoms with Gasteiger partial charge in [0.25, 0.3) is 0 Å². The van der Waals surface area contributed by atoms with Crippen molar-refractivity contribution in [3.8, 4) is 5.75 Å². The third-order valence-electron chi connectivity index (χ3n) is 4.19. The molecule has 2 heterocycles. The molecule has 1 fully saturated rings. The molecule has 128 valence electrons. The number of anilines is 1. The molecule has 1 aliphatic heterocycles. The van der Waals surface area contributed by atoms with E-state index >= 15 is 0 Å². The summed E-state index contributed by atoms with van der Waals surface area (Å²) in [5, 5.41) is 2.96. The second kappa shape index (κ2) is 7.72. The van der Waals surface area contributed by atoms with E-state index in [1.54, 1.807) is 19.6 Å². The number of methoxy groups -OCH3 is 1. The van der Waals surface area contributed by atoms with Crippen molar-refractivity contribution in [2.24, 2.45) is 0 Å². The van der Waals surface area contributed by atoms with E-state index in [4.69, 9.17) is 4.74 Å². The number of nitrogens with zero attached hydrogens (tertiary/aromatic N) is 4. The average Bonchev–Trinajstić information content (AvgIpc) is 3.15. The lowest BCUT2D eigenvalue weighted by molar-refractivity contribution is 0.194. The molecule has 0 aliphatic carbocycles. The number of hydrogen-bond donors (Lipinski definition) is 1. The van der Waals surface area contributed by atoms with Crippen molar-refractivity contribution in [1.29, 1.82) is 0 Å². The topological polar surface area (TPSA) is 62.6 Å². The van der Waals surface area contributed by atoms with E-state index in [2.05, 4.69) is 21.3 Å². The zero-order valence-electron chi connectivity index (χ0n) is 13.9. The number of aromatic nitrogens is 2. The summed E-state index contributed by atoms with van der Waals surface area (Å²) in [7, 11) is 1.67. The highest BCUT2D eigenvalue weighted by Gasteiger charge is 2.21. The molecular formula is C17H23N5O2. The fourth-order valence-corrected chi connectivity index (χ4v) is 2.80. The van der Waals surface area contributed by atoms with Gasteiger partial charge in [-0.1, -0.05) is 6.07 Å². The Hall–Kier alpha value is -2.70. The molecule has 0 spiro atoms. The number of nitrogens with one attached hydrogen (secondary N) is 1. The predicted molar refractivity (Wildman–Crippen MR) is 92.4 cm³/mol. The van der Waals surface area contributed by atoms with Crippen LogP contribution in [-0.2, 0) is 6.54 Å². The maximum Gasteiger partial charge on any atom is 0.317 e. The van der Waals surface area contributed by atoms with E-state index < -0.39 is 0 Å². The smallest absolute Gasteiger partial charge is 0.317 e. The number of carbonyl (C=O) groups excluding carboxylic acids is 1. The molecule has 0 radical (unpaired) electrons. The van der Waals surface area contributed by atoms with Crippen LogP contribution in [0.5, 0.6) is 5.75 Å². The zero-order valence-corrected chi connectivity index (χ0v) is 13.9. The van der Waals surface area contributed by atoms with Crippen LogP contribution in [0.3, 0.4) is 0 Å². The molecule has 0 atom stereocenters. The highest BCUT2D eigenvalue weighted by Crippen LogP contribution is 2.22. The Kier molecular flexibility index (Phi) is 5.20. The summed E-state index contributed by atoms with van der Waals surface area (Å²) in [5.41, 5.74) is 1.13. The highest BCUT2D eigenvalue weighted by molar-refractivity contribution is 5.74. The van der Waals surface area contributed by atoms with Crippen LogP contribution in [0.2, 0.25) is 0 Å². The Bertz CT molecular complexity index is 651. The third kappa shape index (κ3) is 3.98. The summed E-state index contributed by atoms with van der Waals surface area (Å²) >= 11 is 0. The van der Waals surface area contributed by atoms with E-state index in [1.165, 1.54) is 0 Å². The summed E-state index contributed by atoms with van der Waals surface area (Å²) in [6.07, 6.45) is 5.37. The summed E-state index contributed by atoms with van der Waals surface area (Å²) in [5.74, 6) is 0.854. The molecule has 1 N–H and O–H groups in total. The first kappa shape index (κ1) is 16.2. The second-order valence-electron chi connectivity index (χ2n) is 5.71. The van der Waals surface area contributed by atoms with E-state index in [0.717, 1.165) is 31.1 Å². The van der Waals surface area contributed by atoms with E-state index in [1.807, 2.05) is 33.9 Å². The van der Waals surface area contributed by atoms with Gasteiger partial charge in [-0.2, -0.15) is 0 Å². The second-order valence-corrected chi connectivity index (χ2v) is 5.71. The highest BCUT2D eigenvalue weighted by atomic mass is 16.5. The normalized spacial score (nSPS) is 14.5. The summed E-state index contributed by atoms with van der Waals surface area (Å²) in [6.45, 7) is 4.41. The van der Waals surface area contributed by atoms with Gasteiger partial charge in [-0.05, 0) is 12.1 Å². The van der Waals surface area contributed by atoms with Crippen molar-refractivity contribution >= 4 is 11.7 Å². The van der Waals surface area contributed by atoms with Crippen LogP contribution < -0.4 is 15.0 Å². The first-order valence-electron chi connectivity index (χ1n) is 8.14. The van der Waals surface area contributed by atoms with Gasteiger partial charge in [-0.25, -0.2) is 9.78 Å². The summed E-state index contributed by atoms with van der Waals surface area (Å²) in [6, 6.07) is 8.03. The fraction of sp³-hybridized carbons (Fsp3) is 0.412. The van der Waals surface area contributed by atoms with Crippen LogP contribution in [0.25, 0.3) is 0 Å². The number of amides is 2. The monoisotopic (exact) mass is 329 g/mol. The summed E-state index contributed by atoms with van der Waals surface area (Å²) in [4.78, 5) is 20.3. The lowest BCUT2D eigenvalue weighted by atomic mass is 10.2. The van der Waals surface area contributed by atoms with E-state index in [9.17, 15) is 4.79 Å².